The second-order valence-corrected chi connectivity index (χ2v) is 3.00. The molecule has 0 spiro atoms. The van der Waals surface area contributed by atoms with Crippen LogP contribution in [0.2, 0.25) is 0 Å². The van der Waals surface area contributed by atoms with Crippen LogP contribution in [0.4, 0.5) is 0 Å². The molecular weight excluding hydrogens is 192 g/mol. The highest BCUT2D eigenvalue weighted by Crippen LogP contribution is 2.23. The van der Waals surface area contributed by atoms with Crippen molar-refractivity contribution >= 4 is 16.9 Å². The van der Waals surface area contributed by atoms with E-state index in [0.29, 0.717) is 5.75 Å². The molecule has 0 unspecified atom stereocenters. The standard InChI is InChI=1S/C11H10N2O2/c12-7-11(14)15-10-5-1-4-9-8(10)3-2-6-13-9/h1-6H,7,12H2. The Morgan fingerprint density at radius 2 is 2.20 bits per heavy atom. The lowest BCUT2D eigenvalue weighted by molar-refractivity contribution is -0.132. The predicted octanol–water partition coefficient (Wildman–Crippen LogP) is 1.10. The number of fused-ring (bicyclic) bond motifs is 1. The summed E-state index contributed by atoms with van der Waals surface area (Å²) in [5, 5.41) is 0.807. The summed E-state index contributed by atoms with van der Waals surface area (Å²) in [4.78, 5) is 15.2. The normalized spacial score (nSPS) is 10.2. The molecule has 0 radical (unpaired) electrons. The molecule has 0 saturated heterocycles. The minimum Gasteiger partial charge on any atom is -0.425 e. The second-order valence-electron chi connectivity index (χ2n) is 3.00. The largest absolute Gasteiger partial charge is 0.425 e. The first-order chi connectivity index (χ1) is 7.31. The van der Waals surface area contributed by atoms with Crippen molar-refractivity contribution in [3.05, 3.63) is 36.5 Å². The SMILES string of the molecule is NCC(=O)Oc1cccc2ncccc12. The fourth-order valence-electron chi connectivity index (χ4n) is 1.33. The molecule has 0 atom stereocenters. The fourth-order valence-corrected chi connectivity index (χ4v) is 1.33. The van der Waals surface area contributed by atoms with Crippen LogP contribution >= 0.6 is 0 Å². The maximum atomic E-state index is 11.1. The fraction of sp³-hybridized carbons (Fsp3) is 0.0909. The number of carbonyl (C=O) groups excluding carboxylic acids is 1. The summed E-state index contributed by atoms with van der Waals surface area (Å²) in [6, 6.07) is 9.00. The molecule has 1 aromatic carbocycles. The molecule has 0 fully saturated rings. The van der Waals surface area contributed by atoms with E-state index in [2.05, 4.69) is 4.98 Å². The summed E-state index contributed by atoms with van der Waals surface area (Å²) >= 11 is 0. The van der Waals surface area contributed by atoms with Crippen LogP contribution in [-0.2, 0) is 4.79 Å². The van der Waals surface area contributed by atoms with Gasteiger partial charge >= 0.3 is 5.97 Å². The third-order valence-electron chi connectivity index (χ3n) is 2.00. The van der Waals surface area contributed by atoms with Crippen LogP contribution in [0, 0.1) is 0 Å². The van der Waals surface area contributed by atoms with Gasteiger partial charge in [0.1, 0.15) is 5.75 Å². The zero-order valence-corrected chi connectivity index (χ0v) is 8.01. The zero-order chi connectivity index (χ0) is 10.7. The smallest absolute Gasteiger partial charge is 0.325 e. The maximum absolute atomic E-state index is 11.1. The first kappa shape index (κ1) is 9.61. The Hall–Kier alpha value is -1.94. The van der Waals surface area contributed by atoms with Crippen LogP contribution in [0.5, 0.6) is 5.75 Å². The quantitative estimate of drug-likeness (QED) is 0.585. The van der Waals surface area contributed by atoms with Crippen LogP contribution in [0.25, 0.3) is 10.9 Å². The average molecular weight is 202 g/mol. The van der Waals surface area contributed by atoms with Crippen molar-refractivity contribution < 1.29 is 9.53 Å². The van der Waals surface area contributed by atoms with Gasteiger partial charge in [-0.3, -0.25) is 9.78 Å². The summed E-state index contributed by atoms with van der Waals surface area (Å²) in [5.74, 6) is 0.0439. The molecule has 2 rings (SSSR count). The van der Waals surface area contributed by atoms with Gasteiger partial charge in [-0.2, -0.15) is 0 Å². The van der Waals surface area contributed by atoms with Crippen molar-refractivity contribution in [3.63, 3.8) is 0 Å². The Balaban J connectivity index is 2.46. The van der Waals surface area contributed by atoms with Gasteiger partial charge in [-0.15, -0.1) is 0 Å². The molecule has 4 nitrogen and oxygen atoms in total. The van der Waals surface area contributed by atoms with Gasteiger partial charge in [0.25, 0.3) is 0 Å². The van der Waals surface area contributed by atoms with Crippen molar-refractivity contribution in [2.45, 2.75) is 0 Å². The molecular formula is C11H10N2O2. The molecule has 2 N–H and O–H groups in total. The summed E-state index contributed by atoms with van der Waals surface area (Å²) in [6.07, 6.45) is 1.69. The van der Waals surface area contributed by atoms with Gasteiger partial charge < -0.3 is 10.5 Å². The van der Waals surface area contributed by atoms with Crippen LogP contribution < -0.4 is 10.5 Å². The van der Waals surface area contributed by atoms with Crippen molar-refractivity contribution in [2.75, 3.05) is 6.54 Å². The molecule has 0 aliphatic heterocycles. The predicted molar refractivity (Wildman–Crippen MR) is 56.4 cm³/mol. The van der Waals surface area contributed by atoms with Gasteiger partial charge in [0.05, 0.1) is 12.1 Å². The summed E-state index contributed by atoms with van der Waals surface area (Å²) < 4.78 is 5.07. The summed E-state index contributed by atoms with van der Waals surface area (Å²) in [5.41, 5.74) is 5.97. The van der Waals surface area contributed by atoms with Crippen LogP contribution in [0.1, 0.15) is 0 Å². The van der Waals surface area contributed by atoms with E-state index >= 15 is 0 Å². The number of carbonyl (C=O) groups is 1. The van der Waals surface area contributed by atoms with Gasteiger partial charge in [-0.25, -0.2) is 0 Å². The highest BCUT2D eigenvalue weighted by atomic mass is 16.5. The Bertz CT molecular complexity index is 491. The Morgan fingerprint density at radius 1 is 1.33 bits per heavy atom. The van der Waals surface area contributed by atoms with Crippen molar-refractivity contribution in [1.29, 1.82) is 0 Å². The number of nitrogens with zero attached hydrogens (tertiary/aromatic N) is 1. The van der Waals surface area contributed by atoms with E-state index in [-0.39, 0.29) is 6.54 Å². The number of hydrogen-bond donors (Lipinski definition) is 1. The van der Waals surface area contributed by atoms with Crippen molar-refractivity contribution in [1.82, 2.24) is 4.98 Å². The highest BCUT2D eigenvalue weighted by molar-refractivity contribution is 5.87. The number of aromatic nitrogens is 1. The van der Waals surface area contributed by atoms with Crippen LogP contribution in [0.3, 0.4) is 0 Å². The van der Waals surface area contributed by atoms with E-state index in [1.54, 1.807) is 24.4 Å². The highest BCUT2D eigenvalue weighted by Gasteiger charge is 2.05. The van der Waals surface area contributed by atoms with Crippen molar-refractivity contribution in [2.24, 2.45) is 5.73 Å². The van der Waals surface area contributed by atoms with E-state index in [1.165, 1.54) is 0 Å². The molecule has 0 aliphatic carbocycles. The first-order valence-electron chi connectivity index (χ1n) is 4.56. The molecule has 2 aromatic rings. The number of hydrogen-bond acceptors (Lipinski definition) is 4. The molecule has 1 heterocycles. The lowest BCUT2D eigenvalue weighted by Crippen LogP contribution is -2.19. The van der Waals surface area contributed by atoms with Gasteiger partial charge in [0.15, 0.2) is 0 Å². The molecule has 0 aliphatic rings. The number of nitrogens with two attached hydrogens (primary N) is 1. The topological polar surface area (TPSA) is 65.2 Å². The molecule has 1 aromatic heterocycles. The molecule has 0 bridgehead atoms. The number of rotatable bonds is 2. The van der Waals surface area contributed by atoms with E-state index in [1.807, 2.05) is 12.1 Å². The monoisotopic (exact) mass is 202 g/mol. The Morgan fingerprint density at radius 3 is 3.00 bits per heavy atom. The zero-order valence-electron chi connectivity index (χ0n) is 8.01. The minimum atomic E-state index is -0.452. The maximum Gasteiger partial charge on any atom is 0.325 e. The molecule has 0 saturated carbocycles. The molecule has 4 heteroatoms. The lowest BCUT2D eigenvalue weighted by atomic mass is 10.2. The first-order valence-corrected chi connectivity index (χ1v) is 4.56. The van der Waals surface area contributed by atoms with E-state index in [0.717, 1.165) is 10.9 Å². The molecule has 0 amide bonds. The number of pyridine rings is 1. The van der Waals surface area contributed by atoms with E-state index < -0.39 is 5.97 Å². The average Bonchev–Trinajstić information content (AvgIpc) is 2.29. The number of ether oxygens (including phenoxy) is 1. The second kappa shape index (κ2) is 4.06. The minimum absolute atomic E-state index is 0.128. The van der Waals surface area contributed by atoms with Crippen LogP contribution in [-0.4, -0.2) is 17.5 Å². The van der Waals surface area contributed by atoms with Gasteiger partial charge in [0, 0.05) is 11.6 Å². The third kappa shape index (κ3) is 1.94. The van der Waals surface area contributed by atoms with E-state index in [9.17, 15) is 4.79 Å². The molecule has 76 valence electrons. The van der Waals surface area contributed by atoms with Gasteiger partial charge in [-0.1, -0.05) is 6.07 Å². The molecule has 15 heavy (non-hydrogen) atoms. The summed E-state index contributed by atoms with van der Waals surface area (Å²) in [6.45, 7) is -0.128. The summed E-state index contributed by atoms with van der Waals surface area (Å²) in [7, 11) is 0. The van der Waals surface area contributed by atoms with Gasteiger partial charge in [0.2, 0.25) is 0 Å². The number of esters is 1. The lowest BCUT2D eigenvalue weighted by Gasteiger charge is -2.05. The number of benzene rings is 1. The Labute approximate surface area is 86.7 Å². The van der Waals surface area contributed by atoms with Crippen LogP contribution in [0.15, 0.2) is 36.5 Å². The Kier molecular flexibility index (Phi) is 2.60. The van der Waals surface area contributed by atoms with E-state index in [4.69, 9.17) is 10.5 Å². The van der Waals surface area contributed by atoms with Gasteiger partial charge in [-0.05, 0) is 24.3 Å². The third-order valence-corrected chi connectivity index (χ3v) is 2.00. The van der Waals surface area contributed by atoms with Crippen molar-refractivity contribution in [3.8, 4) is 5.75 Å².